The van der Waals surface area contributed by atoms with Crippen molar-refractivity contribution in [2.24, 2.45) is 23.7 Å². The number of carbonyl (C=O) groups excluding carboxylic acids is 1. The molecule has 42 heavy (non-hydrogen) atoms. The van der Waals surface area contributed by atoms with Crippen molar-refractivity contribution < 1.29 is 23.8 Å². The molecule has 4 rings (SSSR count). The Morgan fingerprint density at radius 3 is 2.48 bits per heavy atom. The van der Waals surface area contributed by atoms with Crippen molar-refractivity contribution in [3.05, 3.63) is 83.7 Å². The Hall–Kier alpha value is -3.19. The molecule has 1 aliphatic heterocycles. The molecule has 6 nitrogen and oxygen atoms in total. The number of rotatable bonds is 12. The van der Waals surface area contributed by atoms with Crippen LogP contribution >= 0.6 is 0 Å². The van der Waals surface area contributed by atoms with E-state index >= 15 is 0 Å². The van der Waals surface area contributed by atoms with E-state index in [1.54, 1.807) is 23.1 Å². The molecule has 1 heterocycles. The van der Waals surface area contributed by atoms with Crippen LogP contribution in [-0.4, -0.2) is 59.2 Å². The van der Waals surface area contributed by atoms with Gasteiger partial charge in [0.1, 0.15) is 12.4 Å². The largest absolute Gasteiger partial charge is 0.481 e. The maximum Gasteiger partial charge on any atom is 0.410 e. The highest BCUT2D eigenvalue weighted by atomic mass is 19.1. The van der Waals surface area contributed by atoms with Gasteiger partial charge in [0, 0.05) is 32.2 Å². The summed E-state index contributed by atoms with van der Waals surface area (Å²) in [7, 11) is 0. The molecule has 2 aromatic rings. The van der Waals surface area contributed by atoms with Crippen LogP contribution in [0.25, 0.3) is 0 Å². The number of ether oxygens (including phenoxy) is 1. The quantitative estimate of drug-likeness (QED) is 0.268. The SMILES string of the molecule is C=CCN(C(=O)OCc1ccc(C)cc1)C1CCN(C[C@H]2CC(CC(C(=O)O)C(C)C)C[C@@H]2c2cccc(F)c2)CC1. The Balaban J connectivity index is 1.37. The number of halogens is 1. The standard InChI is InChI=1S/C35H47FN2O4/c1-5-15-38(35(41)42-23-26-11-9-25(4)10-12-26)31-13-16-37(17-14-31)22-29-18-27(19-32(24(2)3)34(39)40)20-33(29)28-7-6-8-30(36)21-28/h5-12,21,24,27,29,31-33H,1,13-20,22-23H2,2-4H3,(H,39,40)/t27?,29-,32?,33-/m1/s1. The second-order valence-corrected chi connectivity index (χ2v) is 12.7. The summed E-state index contributed by atoms with van der Waals surface area (Å²) in [5, 5.41) is 9.80. The van der Waals surface area contributed by atoms with Gasteiger partial charge in [-0.3, -0.25) is 4.79 Å². The normalized spacial score (nSPS) is 22.2. The van der Waals surface area contributed by atoms with Crippen LogP contribution in [0.5, 0.6) is 0 Å². The van der Waals surface area contributed by atoms with Gasteiger partial charge in [-0.05, 0) is 86.0 Å². The van der Waals surface area contributed by atoms with Crippen LogP contribution < -0.4 is 0 Å². The molecule has 1 saturated carbocycles. The van der Waals surface area contributed by atoms with E-state index in [-0.39, 0.29) is 42.3 Å². The van der Waals surface area contributed by atoms with Crippen molar-refractivity contribution in [1.29, 1.82) is 0 Å². The van der Waals surface area contributed by atoms with Crippen LogP contribution in [0.1, 0.15) is 68.6 Å². The number of carbonyl (C=O) groups is 2. The second kappa shape index (κ2) is 14.8. The average Bonchev–Trinajstić information content (AvgIpc) is 3.36. The fraction of sp³-hybridized carbons (Fsp3) is 0.543. The summed E-state index contributed by atoms with van der Waals surface area (Å²) in [6.45, 7) is 13.2. The Bertz CT molecular complexity index is 1190. The van der Waals surface area contributed by atoms with E-state index in [1.165, 1.54) is 11.6 Å². The van der Waals surface area contributed by atoms with Crippen LogP contribution in [0.2, 0.25) is 0 Å². The lowest BCUT2D eigenvalue weighted by Crippen LogP contribution is -2.48. The number of amides is 1. The average molecular weight is 579 g/mol. The van der Waals surface area contributed by atoms with E-state index < -0.39 is 5.97 Å². The fourth-order valence-electron chi connectivity index (χ4n) is 6.97. The van der Waals surface area contributed by atoms with Crippen LogP contribution in [0.3, 0.4) is 0 Å². The molecule has 1 amide bonds. The van der Waals surface area contributed by atoms with E-state index in [9.17, 15) is 19.1 Å². The first-order valence-electron chi connectivity index (χ1n) is 15.4. The molecular formula is C35H47FN2O4. The van der Waals surface area contributed by atoms with Crippen LogP contribution in [0.15, 0.2) is 61.2 Å². The maximum atomic E-state index is 14.2. The minimum atomic E-state index is -0.723. The summed E-state index contributed by atoms with van der Waals surface area (Å²) in [6.07, 6.45) is 5.65. The van der Waals surface area contributed by atoms with Gasteiger partial charge in [0.15, 0.2) is 0 Å². The smallest absolute Gasteiger partial charge is 0.410 e. The Kier molecular flexibility index (Phi) is 11.2. The van der Waals surface area contributed by atoms with Gasteiger partial charge in [-0.15, -0.1) is 6.58 Å². The van der Waals surface area contributed by atoms with Crippen molar-refractivity contribution in [3.63, 3.8) is 0 Å². The molecule has 7 heteroatoms. The first-order valence-corrected chi connectivity index (χ1v) is 15.4. The second-order valence-electron chi connectivity index (χ2n) is 12.7. The number of benzene rings is 2. The van der Waals surface area contributed by atoms with Gasteiger partial charge in [-0.25, -0.2) is 9.18 Å². The third kappa shape index (κ3) is 8.43. The first-order chi connectivity index (χ1) is 20.1. The van der Waals surface area contributed by atoms with Gasteiger partial charge in [0.05, 0.1) is 5.92 Å². The van der Waals surface area contributed by atoms with Crippen LogP contribution in [-0.2, 0) is 16.1 Å². The number of carboxylic acid groups (broad SMARTS) is 1. The number of hydrogen-bond donors (Lipinski definition) is 1. The van der Waals surface area contributed by atoms with Gasteiger partial charge in [0.2, 0.25) is 0 Å². The summed E-state index contributed by atoms with van der Waals surface area (Å²) in [5.41, 5.74) is 3.15. The summed E-state index contributed by atoms with van der Waals surface area (Å²) < 4.78 is 19.9. The van der Waals surface area contributed by atoms with Crippen molar-refractivity contribution in [3.8, 4) is 0 Å². The molecule has 2 aliphatic rings. The van der Waals surface area contributed by atoms with Gasteiger partial charge >= 0.3 is 12.1 Å². The van der Waals surface area contributed by atoms with E-state index in [2.05, 4.69) is 11.5 Å². The molecule has 228 valence electrons. The Morgan fingerprint density at radius 2 is 1.86 bits per heavy atom. The lowest BCUT2D eigenvalue weighted by molar-refractivity contribution is -0.144. The summed E-state index contributed by atoms with van der Waals surface area (Å²) in [5.74, 6) is -0.389. The monoisotopic (exact) mass is 578 g/mol. The van der Waals surface area contributed by atoms with Crippen molar-refractivity contribution >= 4 is 12.1 Å². The topological polar surface area (TPSA) is 70.1 Å². The summed E-state index contributed by atoms with van der Waals surface area (Å²) in [4.78, 5) is 29.3. The third-order valence-electron chi connectivity index (χ3n) is 9.31. The van der Waals surface area contributed by atoms with Gasteiger partial charge in [0.25, 0.3) is 0 Å². The van der Waals surface area contributed by atoms with E-state index in [1.807, 2.05) is 51.1 Å². The predicted octanol–water partition coefficient (Wildman–Crippen LogP) is 7.28. The van der Waals surface area contributed by atoms with Crippen molar-refractivity contribution in [2.75, 3.05) is 26.2 Å². The van der Waals surface area contributed by atoms with E-state index in [0.29, 0.717) is 24.8 Å². The van der Waals surface area contributed by atoms with E-state index in [4.69, 9.17) is 4.74 Å². The number of aryl methyl sites for hydroxylation is 1. The first kappa shape index (κ1) is 31.7. The highest BCUT2D eigenvalue weighted by molar-refractivity contribution is 5.70. The molecule has 0 bridgehead atoms. The fourth-order valence-corrected chi connectivity index (χ4v) is 6.97. The molecule has 4 atom stereocenters. The predicted molar refractivity (Wildman–Crippen MR) is 164 cm³/mol. The molecule has 0 aromatic heterocycles. The van der Waals surface area contributed by atoms with E-state index in [0.717, 1.165) is 56.4 Å². The summed E-state index contributed by atoms with van der Waals surface area (Å²) in [6, 6.07) is 15.0. The molecule has 0 radical (unpaired) electrons. The molecule has 2 aromatic carbocycles. The zero-order valence-corrected chi connectivity index (χ0v) is 25.4. The molecule has 1 N–H and O–H groups in total. The lowest BCUT2D eigenvalue weighted by atomic mass is 9.85. The third-order valence-corrected chi connectivity index (χ3v) is 9.31. The summed E-state index contributed by atoms with van der Waals surface area (Å²) >= 11 is 0. The van der Waals surface area contributed by atoms with Crippen LogP contribution in [0, 0.1) is 36.4 Å². The van der Waals surface area contributed by atoms with Crippen molar-refractivity contribution in [2.45, 2.75) is 71.4 Å². The highest BCUT2D eigenvalue weighted by Gasteiger charge is 2.39. The zero-order valence-electron chi connectivity index (χ0n) is 25.4. The molecule has 2 unspecified atom stereocenters. The van der Waals surface area contributed by atoms with Gasteiger partial charge in [-0.1, -0.05) is 61.9 Å². The number of nitrogens with zero attached hydrogens (tertiary/aromatic N) is 2. The molecule has 1 aliphatic carbocycles. The zero-order chi connectivity index (χ0) is 30.2. The maximum absolute atomic E-state index is 14.2. The molecule has 2 fully saturated rings. The minimum Gasteiger partial charge on any atom is -0.481 e. The van der Waals surface area contributed by atoms with Crippen LogP contribution in [0.4, 0.5) is 9.18 Å². The number of carboxylic acids is 1. The highest BCUT2D eigenvalue weighted by Crippen LogP contribution is 2.46. The Morgan fingerprint density at radius 1 is 1.14 bits per heavy atom. The number of piperidine rings is 1. The number of hydrogen-bond acceptors (Lipinski definition) is 4. The minimum absolute atomic E-state index is 0.0790. The van der Waals surface area contributed by atoms with Crippen molar-refractivity contribution in [1.82, 2.24) is 9.80 Å². The van der Waals surface area contributed by atoms with Gasteiger partial charge < -0.3 is 19.6 Å². The Labute approximate surface area is 250 Å². The number of aliphatic carboxylic acids is 1. The molecular weight excluding hydrogens is 531 g/mol. The van der Waals surface area contributed by atoms with Gasteiger partial charge in [-0.2, -0.15) is 0 Å². The lowest BCUT2D eigenvalue weighted by Gasteiger charge is -2.39. The number of likely N-dealkylation sites (tertiary alicyclic amines) is 1. The molecule has 1 saturated heterocycles. The molecule has 0 spiro atoms.